The van der Waals surface area contributed by atoms with E-state index in [4.69, 9.17) is 16.2 Å². The molecule has 0 unspecified atom stereocenters. The van der Waals surface area contributed by atoms with Gasteiger partial charge in [-0.15, -0.1) is 0 Å². The number of halogens is 1. The SMILES string of the molecule is CSc1nc(N)c2c(n1)OC(N)=C(C#N)[C@H]2c1ccc(F)cc1. The van der Waals surface area contributed by atoms with Crippen LogP contribution < -0.4 is 16.2 Å². The second-order valence-corrected chi connectivity index (χ2v) is 5.56. The molecule has 1 aromatic carbocycles. The highest BCUT2D eigenvalue weighted by molar-refractivity contribution is 7.98. The van der Waals surface area contributed by atoms with Crippen LogP contribution in [0.2, 0.25) is 0 Å². The number of nitriles is 1. The van der Waals surface area contributed by atoms with Crippen LogP contribution in [0, 0.1) is 17.1 Å². The Morgan fingerprint density at radius 1 is 1.26 bits per heavy atom. The van der Waals surface area contributed by atoms with Crippen LogP contribution in [-0.4, -0.2) is 16.2 Å². The van der Waals surface area contributed by atoms with Gasteiger partial charge in [-0.1, -0.05) is 23.9 Å². The van der Waals surface area contributed by atoms with Crippen molar-refractivity contribution >= 4 is 17.6 Å². The van der Waals surface area contributed by atoms with Crippen LogP contribution in [0.3, 0.4) is 0 Å². The van der Waals surface area contributed by atoms with E-state index in [0.29, 0.717) is 16.3 Å². The fraction of sp³-hybridized carbons (Fsp3) is 0.133. The average molecular weight is 329 g/mol. The first-order valence-electron chi connectivity index (χ1n) is 6.59. The minimum atomic E-state index is -0.597. The third kappa shape index (κ3) is 2.55. The maximum atomic E-state index is 13.2. The molecule has 1 aliphatic rings. The lowest BCUT2D eigenvalue weighted by atomic mass is 9.85. The quantitative estimate of drug-likeness (QED) is 0.641. The standard InChI is InChI=1S/C15H12FN5OS/c1-23-15-20-12(18)11-10(7-2-4-8(16)5-3-7)9(6-17)13(19)22-14(11)21-15/h2-5,10H,19H2,1H3,(H2,18,20,21)/t10-/m1/s1. The Balaban J connectivity index is 2.25. The molecule has 2 aromatic rings. The third-order valence-electron chi connectivity index (χ3n) is 3.48. The Labute approximate surface area is 136 Å². The predicted octanol–water partition coefficient (Wildman–Crippen LogP) is 2.14. The number of fused-ring (bicyclic) bond motifs is 1. The van der Waals surface area contributed by atoms with Crippen LogP contribution in [0.5, 0.6) is 5.88 Å². The second kappa shape index (κ2) is 5.78. The summed E-state index contributed by atoms with van der Waals surface area (Å²) in [6.45, 7) is 0. The number of nitrogens with zero attached hydrogens (tertiary/aromatic N) is 3. The van der Waals surface area contributed by atoms with Gasteiger partial charge in [0.25, 0.3) is 0 Å². The zero-order valence-electron chi connectivity index (χ0n) is 12.1. The number of rotatable bonds is 2. The van der Waals surface area contributed by atoms with Crippen LogP contribution in [0.15, 0.2) is 40.9 Å². The zero-order chi connectivity index (χ0) is 16.6. The Morgan fingerprint density at radius 2 is 1.96 bits per heavy atom. The second-order valence-electron chi connectivity index (χ2n) is 4.79. The van der Waals surface area contributed by atoms with Crippen molar-refractivity contribution in [2.24, 2.45) is 5.73 Å². The summed E-state index contributed by atoms with van der Waals surface area (Å²) in [7, 11) is 0. The van der Waals surface area contributed by atoms with Crippen molar-refractivity contribution in [2.75, 3.05) is 12.0 Å². The molecule has 2 heterocycles. The number of allylic oxidation sites excluding steroid dienone is 1. The number of ether oxygens (including phenoxy) is 1. The highest BCUT2D eigenvalue weighted by Gasteiger charge is 2.34. The van der Waals surface area contributed by atoms with E-state index in [1.807, 2.05) is 6.07 Å². The first-order valence-corrected chi connectivity index (χ1v) is 7.82. The van der Waals surface area contributed by atoms with Crippen molar-refractivity contribution in [1.29, 1.82) is 5.26 Å². The first-order chi connectivity index (χ1) is 11.0. The molecule has 1 aromatic heterocycles. The Kier molecular flexibility index (Phi) is 3.80. The van der Waals surface area contributed by atoms with Gasteiger partial charge in [-0.3, -0.25) is 0 Å². The molecule has 23 heavy (non-hydrogen) atoms. The Hall–Kier alpha value is -2.79. The van der Waals surface area contributed by atoms with Crippen molar-refractivity contribution in [3.63, 3.8) is 0 Å². The Bertz CT molecular complexity index is 844. The maximum absolute atomic E-state index is 13.2. The zero-order valence-corrected chi connectivity index (χ0v) is 12.9. The molecule has 3 rings (SSSR count). The molecule has 0 amide bonds. The van der Waals surface area contributed by atoms with Gasteiger partial charge in [0.15, 0.2) is 5.16 Å². The van der Waals surface area contributed by atoms with Gasteiger partial charge in [-0.05, 0) is 24.0 Å². The number of anilines is 1. The molecule has 6 nitrogen and oxygen atoms in total. The fourth-order valence-corrected chi connectivity index (χ4v) is 2.80. The molecule has 116 valence electrons. The number of thioether (sulfide) groups is 1. The molecule has 1 aliphatic heterocycles. The normalized spacial score (nSPS) is 16.5. The summed E-state index contributed by atoms with van der Waals surface area (Å²) < 4.78 is 18.7. The van der Waals surface area contributed by atoms with E-state index in [9.17, 15) is 9.65 Å². The van der Waals surface area contributed by atoms with Crippen molar-refractivity contribution in [3.05, 3.63) is 52.7 Å². The minimum absolute atomic E-state index is 0.0421. The smallest absolute Gasteiger partial charge is 0.231 e. The van der Waals surface area contributed by atoms with Crippen molar-refractivity contribution in [2.45, 2.75) is 11.1 Å². The van der Waals surface area contributed by atoms with E-state index in [1.54, 1.807) is 18.4 Å². The van der Waals surface area contributed by atoms with Gasteiger partial charge in [0.1, 0.15) is 23.3 Å². The van der Waals surface area contributed by atoms with E-state index in [0.717, 1.165) is 0 Å². The van der Waals surface area contributed by atoms with E-state index in [2.05, 4.69) is 9.97 Å². The molecule has 0 spiro atoms. The molecule has 0 bridgehead atoms. The molecule has 1 atom stereocenters. The summed E-state index contributed by atoms with van der Waals surface area (Å²) in [6.07, 6.45) is 1.81. The van der Waals surface area contributed by atoms with Crippen LogP contribution in [0.25, 0.3) is 0 Å². The monoisotopic (exact) mass is 329 g/mol. The van der Waals surface area contributed by atoms with Crippen LogP contribution in [0.4, 0.5) is 10.2 Å². The van der Waals surface area contributed by atoms with E-state index < -0.39 is 5.92 Å². The number of hydrogen-bond donors (Lipinski definition) is 2. The molecule has 0 radical (unpaired) electrons. The first kappa shape index (κ1) is 15.1. The molecular formula is C15H12FN5OS. The lowest BCUT2D eigenvalue weighted by molar-refractivity contribution is 0.373. The summed E-state index contributed by atoms with van der Waals surface area (Å²) in [5.74, 6) is -0.597. The number of aromatic nitrogens is 2. The average Bonchev–Trinajstić information content (AvgIpc) is 2.54. The fourth-order valence-electron chi connectivity index (χ4n) is 2.44. The summed E-state index contributed by atoms with van der Waals surface area (Å²) in [4.78, 5) is 8.45. The number of nitrogens with two attached hydrogens (primary N) is 2. The van der Waals surface area contributed by atoms with Crippen molar-refractivity contribution in [1.82, 2.24) is 9.97 Å². The van der Waals surface area contributed by atoms with Gasteiger partial charge in [0.05, 0.1) is 11.5 Å². The van der Waals surface area contributed by atoms with E-state index in [1.165, 1.54) is 23.9 Å². The lowest BCUT2D eigenvalue weighted by Gasteiger charge is -2.26. The third-order valence-corrected chi connectivity index (χ3v) is 4.02. The highest BCUT2D eigenvalue weighted by Crippen LogP contribution is 2.43. The van der Waals surface area contributed by atoms with E-state index >= 15 is 0 Å². The number of benzene rings is 1. The van der Waals surface area contributed by atoms with Gasteiger partial charge in [0.2, 0.25) is 11.8 Å². The molecular weight excluding hydrogens is 317 g/mol. The lowest BCUT2D eigenvalue weighted by Crippen LogP contribution is -2.23. The van der Waals surface area contributed by atoms with Crippen LogP contribution in [-0.2, 0) is 0 Å². The molecule has 0 saturated carbocycles. The largest absolute Gasteiger partial charge is 0.422 e. The van der Waals surface area contributed by atoms with Crippen molar-refractivity contribution < 1.29 is 9.13 Å². The molecule has 0 aliphatic carbocycles. The summed E-state index contributed by atoms with van der Waals surface area (Å²) in [5, 5.41) is 9.87. The number of nitrogen functional groups attached to an aromatic ring is 1. The van der Waals surface area contributed by atoms with Gasteiger partial charge in [-0.25, -0.2) is 9.37 Å². The number of hydrogen-bond acceptors (Lipinski definition) is 7. The molecule has 8 heteroatoms. The van der Waals surface area contributed by atoms with E-state index in [-0.39, 0.29) is 29.0 Å². The van der Waals surface area contributed by atoms with Gasteiger partial charge in [-0.2, -0.15) is 10.2 Å². The van der Waals surface area contributed by atoms with Gasteiger partial charge >= 0.3 is 0 Å². The highest BCUT2D eigenvalue weighted by atomic mass is 32.2. The molecule has 0 saturated heterocycles. The minimum Gasteiger partial charge on any atom is -0.422 e. The van der Waals surface area contributed by atoms with Crippen LogP contribution >= 0.6 is 11.8 Å². The van der Waals surface area contributed by atoms with Gasteiger partial charge in [0, 0.05) is 0 Å². The predicted molar refractivity (Wildman–Crippen MR) is 83.9 cm³/mol. The summed E-state index contributed by atoms with van der Waals surface area (Å²) >= 11 is 1.31. The Morgan fingerprint density at radius 3 is 2.57 bits per heavy atom. The summed E-state index contributed by atoms with van der Waals surface area (Å²) in [5.41, 5.74) is 13.2. The topological polar surface area (TPSA) is 111 Å². The van der Waals surface area contributed by atoms with Crippen LogP contribution in [0.1, 0.15) is 17.0 Å². The maximum Gasteiger partial charge on any atom is 0.231 e. The van der Waals surface area contributed by atoms with Crippen molar-refractivity contribution in [3.8, 4) is 11.9 Å². The molecule has 4 N–H and O–H groups in total. The van der Waals surface area contributed by atoms with Gasteiger partial charge < -0.3 is 16.2 Å². The molecule has 0 fully saturated rings. The summed E-state index contributed by atoms with van der Waals surface area (Å²) in [6, 6.07) is 7.79.